The van der Waals surface area contributed by atoms with Gasteiger partial charge in [0.1, 0.15) is 6.10 Å². The van der Waals surface area contributed by atoms with Crippen LogP contribution >= 0.6 is 0 Å². The van der Waals surface area contributed by atoms with Crippen molar-refractivity contribution in [1.29, 1.82) is 0 Å². The van der Waals surface area contributed by atoms with Crippen LogP contribution in [-0.2, 0) is 15.7 Å². The van der Waals surface area contributed by atoms with Crippen LogP contribution in [0.1, 0.15) is 29.8 Å². The monoisotopic (exact) mass is 445 g/mol. The van der Waals surface area contributed by atoms with Crippen LogP contribution in [0.25, 0.3) is 22.5 Å². The number of amides is 1. The van der Waals surface area contributed by atoms with Gasteiger partial charge in [0, 0.05) is 17.7 Å². The second-order valence-electron chi connectivity index (χ2n) is 7.98. The number of benzene rings is 2. The van der Waals surface area contributed by atoms with Crippen LogP contribution in [0.2, 0.25) is 0 Å². The molecule has 1 aromatic heterocycles. The van der Waals surface area contributed by atoms with Crippen LogP contribution in [0.5, 0.6) is 0 Å². The molecule has 1 aliphatic heterocycles. The average Bonchev–Trinajstić information content (AvgIpc) is 3.38. The highest BCUT2D eigenvalue weighted by Crippen LogP contribution is 2.32. The molecule has 32 heavy (non-hydrogen) atoms. The van der Waals surface area contributed by atoms with Gasteiger partial charge in [-0.15, -0.1) is 0 Å². The first kappa shape index (κ1) is 22.0. The number of hydrogen-bond donors (Lipinski definition) is 2. The van der Waals surface area contributed by atoms with Crippen molar-refractivity contribution in [3.05, 3.63) is 65.7 Å². The number of H-pyrrole nitrogens is 1. The molecule has 9 heteroatoms. The van der Waals surface area contributed by atoms with E-state index in [1.54, 1.807) is 36.4 Å². The molecule has 0 bridgehead atoms. The molecule has 6 nitrogen and oxygen atoms in total. The lowest BCUT2D eigenvalue weighted by Crippen LogP contribution is -2.34. The van der Waals surface area contributed by atoms with Crippen molar-refractivity contribution in [1.82, 2.24) is 15.5 Å². The summed E-state index contributed by atoms with van der Waals surface area (Å²) >= 11 is 0. The van der Waals surface area contributed by atoms with E-state index in [-0.39, 0.29) is 12.0 Å². The fraction of sp³-hybridized carbons (Fsp3) is 0.304. The zero-order valence-electron chi connectivity index (χ0n) is 17.5. The molecule has 1 atom stereocenters. The summed E-state index contributed by atoms with van der Waals surface area (Å²) in [4.78, 5) is 12.4. The van der Waals surface area contributed by atoms with Crippen molar-refractivity contribution in [2.45, 2.75) is 31.9 Å². The molecule has 1 fully saturated rings. The van der Waals surface area contributed by atoms with Crippen molar-refractivity contribution in [2.24, 2.45) is 0 Å². The van der Waals surface area contributed by atoms with E-state index in [9.17, 15) is 18.0 Å². The Kier molecular flexibility index (Phi) is 5.79. The van der Waals surface area contributed by atoms with Crippen LogP contribution in [-0.4, -0.2) is 41.1 Å². The summed E-state index contributed by atoms with van der Waals surface area (Å²) in [7, 11) is 0. The number of aromatic nitrogens is 2. The van der Waals surface area contributed by atoms with E-state index >= 15 is 0 Å². The third kappa shape index (κ3) is 5.00. The number of nitrogens with one attached hydrogen (secondary N) is 2. The molecule has 0 spiro atoms. The summed E-state index contributed by atoms with van der Waals surface area (Å²) in [5, 5.41) is 9.79. The maximum atomic E-state index is 13.0. The van der Waals surface area contributed by atoms with Crippen LogP contribution < -0.4 is 5.32 Å². The minimum absolute atomic E-state index is 0.201. The number of hydrogen-bond acceptors (Lipinski definition) is 4. The second-order valence-corrected chi connectivity index (χ2v) is 7.98. The number of carbonyl (C=O) groups excluding carboxylic acids is 1. The Balaban J connectivity index is 1.42. The molecule has 1 unspecified atom stereocenters. The van der Waals surface area contributed by atoms with Gasteiger partial charge in [0.25, 0.3) is 5.91 Å². The zero-order chi connectivity index (χ0) is 22.9. The molecule has 4 rings (SSSR count). The molecule has 3 aromatic rings. The van der Waals surface area contributed by atoms with E-state index in [4.69, 9.17) is 9.47 Å². The van der Waals surface area contributed by atoms with Crippen LogP contribution in [0.15, 0.2) is 54.6 Å². The van der Waals surface area contributed by atoms with Gasteiger partial charge in [-0.1, -0.05) is 24.3 Å². The Hall–Kier alpha value is -3.17. The fourth-order valence-corrected chi connectivity index (χ4v) is 3.45. The summed E-state index contributed by atoms with van der Waals surface area (Å²) < 4.78 is 50.0. The molecule has 1 saturated heterocycles. The Morgan fingerprint density at radius 1 is 1.16 bits per heavy atom. The number of nitrogens with zero attached hydrogens (tertiary/aromatic N) is 1. The van der Waals surface area contributed by atoms with E-state index < -0.39 is 17.5 Å². The third-order valence-corrected chi connectivity index (χ3v) is 5.08. The van der Waals surface area contributed by atoms with Crippen molar-refractivity contribution in [2.75, 3.05) is 13.2 Å². The highest BCUT2D eigenvalue weighted by atomic mass is 19.4. The number of ether oxygens (including phenoxy) is 2. The average molecular weight is 445 g/mol. The van der Waals surface area contributed by atoms with Gasteiger partial charge in [-0.3, -0.25) is 9.89 Å². The first-order valence-corrected chi connectivity index (χ1v) is 10.0. The first-order valence-electron chi connectivity index (χ1n) is 10.0. The lowest BCUT2D eigenvalue weighted by atomic mass is 10.1. The predicted octanol–water partition coefficient (Wildman–Crippen LogP) is 4.64. The van der Waals surface area contributed by atoms with Gasteiger partial charge in [0.15, 0.2) is 5.79 Å². The predicted molar refractivity (Wildman–Crippen MR) is 112 cm³/mol. The molecule has 0 aliphatic carbocycles. The van der Waals surface area contributed by atoms with E-state index in [1.807, 2.05) is 13.8 Å². The Labute approximate surface area is 182 Å². The van der Waals surface area contributed by atoms with Crippen molar-refractivity contribution < 1.29 is 27.4 Å². The fourth-order valence-electron chi connectivity index (χ4n) is 3.45. The highest BCUT2D eigenvalue weighted by Gasteiger charge is 2.33. The molecule has 1 aliphatic rings. The second kappa shape index (κ2) is 8.40. The Morgan fingerprint density at radius 3 is 2.56 bits per heavy atom. The van der Waals surface area contributed by atoms with Gasteiger partial charge < -0.3 is 14.8 Å². The third-order valence-electron chi connectivity index (χ3n) is 5.08. The maximum absolute atomic E-state index is 13.0. The topological polar surface area (TPSA) is 76.2 Å². The largest absolute Gasteiger partial charge is 0.416 e. The molecule has 1 amide bonds. The van der Waals surface area contributed by atoms with Crippen LogP contribution in [0.3, 0.4) is 0 Å². The number of alkyl halides is 3. The van der Waals surface area contributed by atoms with E-state index in [1.165, 1.54) is 6.07 Å². The molecule has 2 aromatic carbocycles. The number of carbonyl (C=O) groups is 1. The van der Waals surface area contributed by atoms with Gasteiger partial charge in [0.2, 0.25) is 0 Å². The molecular weight excluding hydrogens is 423 g/mol. The Bertz CT molecular complexity index is 1110. The van der Waals surface area contributed by atoms with Crippen molar-refractivity contribution in [3.63, 3.8) is 0 Å². The smallest absolute Gasteiger partial charge is 0.349 e. The molecule has 2 N–H and O–H groups in total. The van der Waals surface area contributed by atoms with Crippen molar-refractivity contribution >= 4 is 5.91 Å². The lowest BCUT2D eigenvalue weighted by molar-refractivity contribution is -0.138. The Morgan fingerprint density at radius 2 is 1.91 bits per heavy atom. The van der Waals surface area contributed by atoms with Gasteiger partial charge in [-0.25, -0.2) is 0 Å². The number of halogens is 3. The number of rotatable bonds is 5. The number of aromatic amines is 1. The maximum Gasteiger partial charge on any atom is 0.416 e. The van der Waals surface area contributed by atoms with Gasteiger partial charge in [0.05, 0.1) is 23.6 Å². The molecular formula is C23H22F3N3O3. The SMILES string of the molecule is CC1(C)OCC(CNC(=O)c2ccc(-c3cc(-c4cccc(C(F)(F)F)c4)n[nH]3)cc2)O1. The van der Waals surface area contributed by atoms with Crippen molar-refractivity contribution in [3.8, 4) is 22.5 Å². The molecule has 0 radical (unpaired) electrons. The summed E-state index contributed by atoms with van der Waals surface area (Å²) in [6, 6.07) is 13.5. The van der Waals surface area contributed by atoms with Gasteiger partial charge in [-0.05, 0) is 49.7 Å². The quantitative estimate of drug-likeness (QED) is 0.600. The first-order chi connectivity index (χ1) is 15.1. The molecule has 168 valence electrons. The zero-order valence-corrected chi connectivity index (χ0v) is 17.5. The lowest BCUT2D eigenvalue weighted by Gasteiger charge is -2.17. The highest BCUT2D eigenvalue weighted by molar-refractivity contribution is 5.94. The normalized spacial score (nSPS) is 18.0. The molecule has 0 saturated carbocycles. The summed E-state index contributed by atoms with van der Waals surface area (Å²) in [6.07, 6.45) is -4.62. The van der Waals surface area contributed by atoms with E-state index in [0.717, 1.165) is 17.7 Å². The standard InChI is InChI=1S/C23H22F3N3O3/c1-22(2)31-13-18(32-22)12-27-21(30)15-8-6-14(7-9-15)19-11-20(29-28-19)16-4-3-5-17(10-16)23(24,25)26/h3-11,18H,12-13H2,1-2H3,(H,27,30)(H,28,29). The summed E-state index contributed by atoms with van der Waals surface area (Å²) in [6.45, 7) is 4.40. The van der Waals surface area contributed by atoms with Crippen LogP contribution in [0.4, 0.5) is 13.2 Å². The summed E-state index contributed by atoms with van der Waals surface area (Å²) in [5.41, 5.74) is 1.89. The minimum Gasteiger partial charge on any atom is -0.349 e. The van der Waals surface area contributed by atoms with Gasteiger partial charge >= 0.3 is 6.18 Å². The van der Waals surface area contributed by atoms with Gasteiger partial charge in [-0.2, -0.15) is 18.3 Å². The van der Waals surface area contributed by atoms with Crippen LogP contribution in [0, 0.1) is 0 Å². The molecule has 2 heterocycles. The van der Waals surface area contributed by atoms with E-state index in [2.05, 4.69) is 15.5 Å². The summed E-state index contributed by atoms with van der Waals surface area (Å²) in [5.74, 6) is -0.882. The van der Waals surface area contributed by atoms with E-state index in [0.29, 0.717) is 35.7 Å². The minimum atomic E-state index is -4.42.